The van der Waals surface area contributed by atoms with Gasteiger partial charge in [0.1, 0.15) is 0 Å². The van der Waals surface area contributed by atoms with Crippen LogP contribution in [0.15, 0.2) is 18.2 Å². The maximum absolute atomic E-state index is 11.4. The molecule has 0 aliphatic heterocycles. The van der Waals surface area contributed by atoms with E-state index in [1.807, 2.05) is 13.8 Å². The van der Waals surface area contributed by atoms with Gasteiger partial charge >= 0.3 is 0 Å². The Balaban J connectivity index is 2.61. The molecule has 1 aromatic rings. The highest BCUT2D eigenvalue weighted by atomic mass is 16.1. The summed E-state index contributed by atoms with van der Waals surface area (Å²) in [6.07, 6.45) is 0. The van der Waals surface area contributed by atoms with Crippen LogP contribution in [0.4, 0.5) is 5.69 Å². The van der Waals surface area contributed by atoms with E-state index < -0.39 is 0 Å². The van der Waals surface area contributed by atoms with E-state index in [0.717, 1.165) is 5.69 Å². The molecule has 1 aromatic carbocycles. The lowest BCUT2D eigenvalue weighted by Crippen LogP contribution is -2.18. The number of Topliss-reactive ketones (excluding diaryl/α,β-unsaturated/α-hetero) is 1. The first kappa shape index (κ1) is 11.8. The lowest BCUT2D eigenvalue weighted by atomic mass is 10.1. The Labute approximate surface area is 91.7 Å². The maximum Gasteiger partial charge on any atom is 0.154 e. The average Bonchev–Trinajstić information content (AvgIpc) is 2.12. The number of anilines is 1. The third-order valence-electron chi connectivity index (χ3n) is 2.33. The van der Waals surface area contributed by atoms with Gasteiger partial charge in [0.15, 0.2) is 5.78 Å². The highest BCUT2D eigenvalue weighted by molar-refractivity contribution is 5.84. The Bertz CT molecular complexity index is 335. The molecular formula is C13H19NO. The van der Waals surface area contributed by atoms with Crippen molar-refractivity contribution < 1.29 is 4.79 Å². The zero-order chi connectivity index (χ0) is 11.4. The fourth-order valence-corrected chi connectivity index (χ4v) is 1.47. The van der Waals surface area contributed by atoms with E-state index in [2.05, 4.69) is 37.4 Å². The molecule has 15 heavy (non-hydrogen) atoms. The minimum absolute atomic E-state index is 0.100. The minimum atomic E-state index is 0.100. The molecule has 0 fully saturated rings. The van der Waals surface area contributed by atoms with Crippen molar-refractivity contribution in [3.8, 4) is 0 Å². The van der Waals surface area contributed by atoms with E-state index in [9.17, 15) is 4.79 Å². The number of carbonyl (C=O) groups excluding carboxylic acids is 1. The summed E-state index contributed by atoms with van der Waals surface area (Å²) in [6, 6.07) is 6.23. The molecule has 0 amide bonds. The summed E-state index contributed by atoms with van der Waals surface area (Å²) < 4.78 is 0. The van der Waals surface area contributed by atoms with Crippen LogP contribution in [0.3, 0.4) is 0 Å². The van der Waals surface area contributed by atoms with Gasteiger partial charge in [-0.3, -0.25) is 4.79 Å². The van der Waals surface area contributed by atoms with Crippen LogP contribution >= 0.6 is 0 Å². The number of ketones is 1. The number of hydrogen-bond acceptors (Lipinski definition) is 2. The monoisotopic (exact) mass is 205 g/mol. The van der Waals surface area contributed by atoms with Gasteiger partial charge in [-0.05, 0) is 37.1 Å². The van der Waals surface area contributed by atoms with E-state index in [1.165, 1.54) is 11.1 Å². The number of rotatable bonds is 4. The third kappa shape index (κ3) is 3.74. The molecule has 0 saturated carbocycles. The zero-order valence-corrected chi connectivity index (χ0v) is 9.92. The Hall–Kier alpha value is -1.31. The predicted molar refractivity (Wildman–Crippen MR) is 64.3 cm³/mol. The molecule has 0 radical (unpaired) electrons. The second-order valence-corrected chi connectivity index (χ2v) is 4.35. The molecule has 0 aromatic heterocycles. The molecule has 0 heterocycles. The highest BCUT2D eigenvalue weighted by Crippen LogP contribution is 2.13. The summed E-state index contributed by atoms with van der Waals surface area (Å²) in [5.74, 6) is 0.345. The van der Waals surface area contributed by atoms with E-state index in [1.54, 1.807) is 0 Å². The molecule has 0 atom stereocenters. The van der Waals surface area contributed by atoms with Gasteiger partial charge < -0.3 is 5.32 Å². The second kappa shape index (κ2) is 4.96. The van der Waals surface area contributed by atoms with Gasteiger partial charge in [0, 0.05) is 11.6 Å². The van der Waals surface area contributed by atoms with Gasteiger partial charge in [0.25, 0.3) is 0 Å². The van der Waals surface area contributed by atoms with Crippen LogP contribution in [0.1, 0.15) is 25.0 Å². The first-order valence-electron chi connectivity index (χ1n) is 5.34. The fourth-order valence-electron chi connectivity index (χ4n) is 1.47. The van der Waals surface area contributed by atoms with E-state index in [4.69, 9.17) is 0 Å². The van der Waals surface area contributed by atoms with E-state index in [0.29, 0.717) is 6.54 Å². The van der Waals surface area contributed by atoms with Crippen LogP contribution in [-0.2, 0) is 4.79 Å². The lowest BCUT2D eigenvalue weighted by Gasteiger charge is -2.09. The van der Waals surface area contributed by atoms with Crippen molar-refractivity contribution in [2.75, 3.05) is 11.9 Å². The number of aryl methyl sites for hydroxylation is 2. The summed E-state index contributed by atoms with van der Waals surface area (Å²) in [7, 11) is 0. The molecule has 0 aliphatic carbocycles. The third-order valence-corrected chi connectivity index (χ3v) is 2.33. The predicted octanol–water partition coefficient (Wildman–Crippen LogP) is 2.94. The van der Waals surface area contributed by atoms with Gasteiger partial charge in [-0.15, -0.1) is 0 Å². The molecule has 1 N–H and O–H groups in total. The van der Waals surface area contributed by atoms with Crippen LogP contribution < -0.4 is 5.32 Å². The Morgan fingerprint density at radius 1 is 1.20 bits per heavy atom. The van der Waals surface area contributed by atoms with Crippen LogP contribution in [0.2, 0.25) is 0 Å². The van der Waals surface area contributed by atoms with Crippen molar-refractivity contribution in [2.24, 2.45) is 5.92 Å². The smallest absolute Gasteiger partial charge is 0.154 e. The quantitative estimate of drug-likeness (QED) is 0.818. The van der Waals surface area contributed by atoms with E-state index in [-0.39, 0.29) is 11.7 Å². The number of nitrogens with one attached hydrogen (secondary N) is 1. The molecule has 1 rings (SSSR count). The van der Waals surface area contributed by atoms with Gasteiger partial charge in [0.05, 0.1) is 6.54 Å². The number of hydrogen-bond donors (Lipinski definition) is 1. The topological polar surface area (TPSA) is 29.1 Å². The minimum Gasteiger partial charge on any atom is -0.378 e. The molecular weight excluding hydrogens is 186 g/mol. The van der Waals surface area contributed by atoms with Crippen molar-refractivity contribution in [1.29, 1.82) is 0 Å². The Morgan fingerprint density at radius 2 is 1.73 bits per heavy atom. The summed E-state index contributed by atoms with van der Waals surface area (Å²) in [5.41, 5.74) is 3.46. The first-order chi connectivity index (χ1) is 6.99. The van der Waals surface area contributed by atoms with Gasteiger partial charge in [-0.25, -0.2) is 0 Å². The second-order valence-electron chi connectivity index (χ2n) is 4.35. The molecule has 0 unspecified atom stereocenters. The van der Waals surface area contributed by atoms with Crippen molar-refractivity contribution in [3.05, 3.63) is 29.3 Å². The fraction of sp³-hybridized carbons (Fsp3) is 0.462. The van der Waals surface area contributed by atoms with Crippen molar-refractivity contribution in [2.45, 2.75) is 27.7 Å². The van der Waals surface area contributed by atoms with E-state index >= 15 is 0 Å². The number of carbonyl (C=O) groups is 1. The standard InChI is InChI=1S/C13H19NO/c1-9(2)13(15)8-14-12-6-10(3)5-11(4)7-12/h5-7,9,14H,8H2,1-4H3. The zero-order valence-electron chi connectivity index (χ0n) is 9.92. The highest BCUT2D eigenvalue weighted by Gasteiger charge is 2.06. The first-order valence-corrected chi connectivity index (χ1v) is 5.34. The van der Waals surface area contributed by atoms with Crippen molar-refractivity contribution >= 4 is 11.5 Å². The molecule has 2 nitrogen and oxygen atoms in total. The van der Waals surface area contributed by atoms with Crippen LogP contribution in [0.25, 0.3) is 0 Å². The van der Waals surface area contributed by atoms with Gasteiger partial charge in [-0.1, -0.05) is 19.9 Å². The number of benzene rings is 1. The largest absolute Gasteiger partial charge is 0.378 e. The molecule has 2 heteroatoms. The molecule has 0 saturated heterocycles. The Kier molecular flexibility index (Phi) is 3.89. The summed E-state index contributed by atoms with van der Waals surface area (Å²) in [4.78, 5) is 11.4. The molecule has 0 bridgehead atoms. The van der Waals surface area contributed by atoms with Gasteiger partial charge in [-0.2, -0.15) is 0 Å². The molecule has 82 valence electrons. The SMILES string of the molecule is Cc1cc(C)cc(NCC(=O)C(C)C)c1. The lowest BCUT2D eigenvalue weighted by molar-refractivity contribution is -0.120. The van der Waals surface area contributed by atoms with Gasteiger partial charge in [0.2, 0.25) is 0 Å². The van der Waals surface area contributed by atoms with Crippen molar-refractivity contribution in [1.82, 2.24) is 0 Å². The van der Waals surface area contributed by atoms with Crippen LogP contribution in [-0.4, -0.2) is 12.3 Å². The average molecular weight is 205 g/mol. The molecule has 0 spiro atoms. The van der Waals surface area contributed by atoms with Crippen LogP contribution in [0.5, 0.6) is 0 Å². The normalized spacial score (nSPS) is 10.5. The molecule has 0 aliphatic rings. The van der Waals surface area contributed by atoms with Crippen molar-refractivity contribution in [3.63, 3.8) is 0 Å². The summed E-state index contributed by atoms with van der Waals surface area (Å²) >= 11 is 0. The maximum atomic E-state index is 11.4. The van der Waals surface area contributed by atoms with Crippen LogP contribution in [0, 0.1) is 19.8 Å². The summed E-state index contributed by atoms with van der Waals surface area (Å²) in [5, 5.41) is 3.16. The summed E-state index contributed by atoms with van der Waals surface area (Å²) in [6.45, 7) is 8.38. The Morgan fingerprint density at radius 3 is 2.20 bits per heavy atom.